The Morgan fingerprint density at radius 1 is 1.13 bits per heavy atom. The van der Waals surface area contributed by atoms with Crippen LogP contribution in [0.1, 0.15) is 78.0 Å². The van der Waals surface area contributed by atoms with Crippen LogP contribution in [0.5, 0.6) is 0 Å². The summed E-state index contributed by atoms with van der Waals surface area (Å²) in [4.78, 5) is 34.2. The maximum Gasteiger partial charge on any atom is 0.348 e. The number of hydrogen-bond acceptors (Lipinski definition) is 5. The van der Waals surface area contributed by atoms with Gasteiger partial charge in [0.2, 0.25) is 5.91 Å². The Balaban J connectivity index is 1.29. The quantitative estimate of drug-likeness (QED) is 0.379. The number of thiophene rings is 1. The average Bonchev–Trinajstić information content (AvgIpc) is 3.60. The summed E-state index contributed by atoms with van der Waals surface area (Å²) in [6.45, 7) is 3.43. The number of aromatic nitrogens is 2. The minimum atomic E-state index is -0.980. The number of hydrogen-bond donors (Lipinski definition) is 1. The van der Waals surface area contributed by atoms with Crippen LogP contribution in [-0.2, 0) is 9.53 Å². The van der Waals surface area contributed by atoms with E-state index < -0.39 is 5.97 Å². The molecule has 0 radical (unpaired) electrons. The number of rotatable bonds is 6. The van der Waals surface area contributed by atoms with Gasteiger partial charge >= 0.3 is 5.97 Å². The summed E-state index contributed by atoms with van der Waals surface area (Å²) in [6.07, 6.45) is 16.5. The third kappa shape index (κ3) is 5.32. The fourth-order valence-corrected chi connectivity index (χ4v) is 7.16. The fraction of sp³-hybridized carbons (Fsp3) is 0.452. The lowest BCUT2D eigenvalue weighted by Gasteiger charge is -2.37. The molecule has 39 heavy (non-hydrogen) atoms. The van der Waals surface area contributed by atoms with Crippen LogP contribution in [0.3, 0.4) is 0 Å². The maximum absolute atomic E-state index is 14.0. The van der Waals surface area contributed by atoms with E-state index in [0.29, 0.717) is 24.8 Å². The molecule has 6 rings (SSSR count). The smallest absolute Gasteiger partial charge is 0.348 e. The van der Waals surface area contributed by atoms with E-state index in [1.807, 2.05) is 39.8 Å². The standard InChI is InChI=1S/C31H35N3O4S/c1-20-5-7-23(8-6-20)30(35)34(24-13-16-38-17-14-24)26-18-27(39-29(26)31(36)37)22-11-9-21(10-12-22)25-19-33-15-3-2-4-28(33)32-25/h2-4,9,11-12,15,18-21,23-24H,5-8,10,13-14,16-17H2,1H3,(H,36,37)/t20-,21?,23-. The maximum atomic E-state index is 14.0. The van der Waals surface area contributed by atoms with Crippen molar-refractivity contribution < 1.29 is 19.4 Å². The van der Waals surface area contributed by atoms with Gasteiger partial charge in [-0.15, -0.1) is 11.3 Å². The number of fused-ring (bicyclic) bond motifs is 1. The highest BCUT2D eigenvalue weighted by Crippen LogP contribution is 2.41. The number of imidazole rings is 1. The predicted molar refractivity (Wildman–Crippen MR) is 153 cm³/mol. The first-order valence-corrected chi connectivity index (χ1v) is 14.9. The van der Waals surface area contributed by atoms with Crippen molar-refractivity contribution in [2.45, 2.75) is 63.8 Å². The molecule has 1 amide bonds. The van der Waals surface area contributed by atoms with E-state index in [4.69, 9.17) is 9.72 Å². The summed E-state index contributed by atoms with van der Waals surface area (Å²) in [5, 5.41) is 10.2. The molecule has 3 aromatic heterocycles. The highest BCUT2D eigenvalue weighted by atomic mass is 32.1. The molecule has 1 aliphatic heterocycles. The van der Waals surface area contributed by atoms with Crippen LogP contribution >= 0.6 is 11.3 Å². The molecule has 2 fully saturated rings. The third-order valence-electron chi connectivity index (χ3n) is 8.47. The normalized spacial score (nSPS) is 24.0. The van der Waals surface area contributed by atoms with E-state index >= 15 is 0 Å². The Kier molecular flexibility index (Phi) is 7.40. The number of aromatic carboxylic acids is 1. The van der Waals surface area contributed by atoms with E-state index in [9.17, 15) is 14.7 Å². The zero-order valence-corrected chi connectivity index (χ0v) is 23.1. The highest BCUT2D eigenvalue weighted by molar-refractivity contribution is 7.15. The summed E-state index contributed by atoms with van der Waals surface area (Å²) in [5.74, 6) is -0.135. The minimum Gasteiger partial charge on any atom is -0.477 e. The van der Waals surface area contributed by atoms with Gasteiger partial charge in [-0.3, -0.25) is 4.79 Å². The van der Waals surface area contributed by atoms with Gasteiger partial charge in [-0.25, -0.2) is 9.78 Å². The summed E-state index contributed by atoms with van der Waals surface area (Å²) < 4.78 is 7.62. The van der Waals surface area contributed by atoms with Crippen LogP contribution in [0.2, 0.25) is 0 Å². The number of carboxylic acids is 1. The highest BCUT2D eigenvalue weighted by Gasteiger charge is 2.36. The van der Waals surface area contributed by atoms with Gasteiger partial charge < -0.3 is 19.1 Å². The zero-order chi connectivity index (χ0) is 26.9. The Hall–Kier alpha value is -3.23. The van der Waals surface area contributed by atoms with Gasteiger partial charge in [0.1, 0.15) is 10.5 Å². The van der Waals surface area contributed by atoms with E-state index in [1.165, 1.54) is 11.3 Å². The summed E-state index contributed by atoms with van der Waals surface area (Å²) >= 11 is 1.27. The number of anilines is 1. The van der Waals surface area contributed by atoms with E-state index in [2.05, 4.69) is 31.3 Å². The number of nitrogens with zero attached hydrogens (tertiary/aromatic N) is 3. The first kappa shape index (κ1) is 26.0. The number of carboxylic acid groups (broad SMARTS) is 1. The summed E-state index contributed by atoms with van der Waals surface area (Å²) in [6, 6.07) is 7.87. The topological polar surface area (TPSA) is 84.1 Å². The molecule has 1 N–H and O–H groups in total. The molecule has 1 saturated carbocycles. The van der Waals surface area contributed by atoms with Crippen molar-refractivity contribution in [3.63, 3.8) is 0 Å². The van der Waals surface area contributed by atoms with E-state index in [-0.39, 0.29) is 28.7 Å². The van der Waals surface area contributed by atoms with Crippen LogP contribution in [0.25, 0.3) is 11.2 Å². The molecule has 0 spiro atoms. The van der Waals surface area contributed by atoms with Crippen molar-refractivity contribution in [1.29, 1.82) is 0 Å². The molecule has 0 aromatic carbocycles. The van der Waals surface area contributed by atoms with Crippen LogP contribution in [0.4, 0.5) is 5.69 Å². The van der Waals surface area contributed by atoms with Crippen molar-refractivity contribution in [1.82, 2.24) is 9.38 Å². The van der Waals surface area contributed by atoms with Gasteiger partial charge in [-0.05, 0) is 74.6 Å². The Morgan fingerprint density at radius 3 is 2.62 bits per heavy atom. The molecule has 7 nitrogen and oxygen atoms in total. The number of carbonyl (C=O) groups is 2. The van der Waals surface area contributed by atoms with Crippen molar-refractivity contribution in [3.05, 3.63) is 70.3 Å². The van der Waals surface area contributed by atoms with Gasteiger partial charge in [0.05, 0.1) is 11.4 Å². The number of ether oxygens (including phenoxy) is 1. The fourth-order valence-electron chi connectivity index (χ4n) is 6.15. The monoisotopic (exact) mass is 545 g/mol. The lowest BCUT2D eigenvalue weighted by atomic mass is 9.82. The summed E-state index contributed by atoms with van der Waals surface area (Å²) in [5.41, 5.74) is 3.49. The van der Waals surface area contributed by atoms with Crippen LogP contribution in [-0.4, -0.2) is 45.6 Å². The van der Waals surface area contributed by atoms with Crippen LogP contribution in [0, 0.1) is 11.8 Å². The SMILES string of the molecule is C[C@H]1CC[C@H](C(=O)N(c2cc(C3=CCC(c4cn5ccccc5n4)C=C3)sc2C(=O)O)C2CCOCC2)CC1. The second-order valence-corrected chi connectivity index (χ2v) is 12.2. The van der Waals surface area contributed by atoms with Crippen LogP contribution in [0.15, 0.2) is 54.9 Å². The molecule has 0 bridgehead atoms. The zero-order valence-electron chi connectivity index (χ0n) is 22.3. The van der Waals surface area contributed by atoms with Gasteiger partial charge in [-0.1, -0.05) is 31.2 Å². The summed E-state index contributed by atoms with van der Waals surface area (Å²) in [7, 11) is 0. The Labute approximate surface area is 232 Å². The molecular formula is C31H35N3O4S. The average molecular weight is 546 g/mol. The number of amides is 1. The van der Waals surface area contributed by atoms with Crippen molar-refractivity contribution in [3.8, 4) is 0 Å². The molecule has 3 aromatic rings. The minimum absolute atomic E-state index is 0.0403. The lowest BCUT2D eigenvalue weighted by molar-refractivity contribution is -0.124. The van der Waals surface area contributed by atoms with Gasteiger partial charge in [0, 0.05) is 48.4 Å². The molecule has 2 aliphatic carbocycles. The third-order valence-corrected chi connectivity index (χ3v) is 9.63. The Bertz CT molecular complexity index is 1390. The van der Waals surface area contributed by atoms with Crippen LogP contribution < -0.4 is 4.90 Å². The molecule has 4 heterocycles. The molecule has 1 unspecified atom stereocenters. The predicted octanol–water partition coefficient (Wildman–Crippen LogP) is 6.56. The van der Waals surface area contributed by atoms with Crippen molar-refractivity contribution in [2.75, 3.05) is 18.1 Å². The largest absolute Gasteiger partial charge is 0.477 e. The second kappa shape index (κ2) is 11.1. The first-order valence-electron chi connectivity index (χ1n) is 14.1. The van der Waals surface area contributed by atoms with Gasteiger partial charge in [-0.2, -0.15) is 0 Å². The van der Waals surface area contributed by atoms with Gasteiger partial charge in [0.25, 0.3) is 0 Å². The molecule has 1 atom stereocenters. The number of allylic oxidation sites excluding steroid dienone is 4. The molecule has 1 saturated heterocycles. The first-order chi connectivity index (χ1) is 19.0. The lowest BCUT2D eigenvalue weighted by Crippen LogP contribution is -2.47. The molecule has 3 aliphatic rings. The molecule has 8 heteroatoms. The van der Waals surface area contributed by atoms with Gasteiger partial charge in [0.15, 0.2) is 0 Å². The Morgan fingerprint density at radius 2 is 1.92 bits per heavy atom. The molecule has 204 valence electrons. The van der Waals surface area contributed by atoms with Crippen molar-refractivity contribution in [2.24, 2.45) is 11.8 Å². The molecular weight excluding hydrogens is 510 g/mol. The van der Waals surface area contributed by atoms with E-state index in [0.717, 1.165) is 66.7 Å². The number of carbonyl (C=O) groups excluding carboxylic acids is 1. The number of pyridine rings is 1. The second-order valence-electron chi connectivity index (χ2n) is 11.1. The van der Waals surface area contributed by atoms with E-state index in [1.54, 1.807) is 0 Å². The van der Waals surface area contributed by atoms with Crippen molar-refractivity contribution >= 4 is 40.1 Å².